The molecule has 0 aromatic rings. The maximum Gasteiger partial charge on any atom is 0.241 e. The molecule has 3 rings (SSSR count). The summed E-state index contributed by atoms with van der Waals surface area (Å²) in [7, 11) is 2.13. The fourth-order valence-electron chi connectivity index (χ4n) is 4.63. The first kappa shape index (κ1) is 15.3. The van der Waals surface area contributed by atoms with Crippen molar-refractivity contribution < 1.29 is 9.53 Å². The highest BCUT2D eigenvalue weighted by atomic mass is 16.5. The molecular formula is C16H29N3O2. The fourth-order valence-corrected chi connectivity index (χ4v) is 4.63. The van der Waals surface area contributed by atoms with E-state index in [0.717, 1.165) is 32.4 Å². The predicted octanol–water partition coefficient (Wildman–Crippen LogP) is 0.729. The Bertz CT molecular complexity index is 426. The Hall–Kier alpha value is -0.650. The first-order chi connectivity index (χ1) is 9.89. The molecule has 3 N–H and O–H groups in total. The molecule has 5 heteroatoms. The summed E-state index contributed by atoms with van der Waals surface area (Å²) in [5.41, 5.74) is 5.52. The smallest absolute Gasteiger partial charge is 0.241 e. The highest BCUT2D eigenvalue weighted by Crippen LogP contribution is 2.57. The van der Waals surface area contributed by atoms with Gasteiger partial charge in [-0.2, -0.15) is 0 Å². The number of likely N-dealkylation sites (tertiary alicyclic amines) is 1. The van der Waals surface area contributed by atoms with Gasteiger partial charge in [-0.05, 0) is 39.3 Å². The summed E-state index contributed by atoms with van der Waals surface area (Å²) < 4.78 is 5.86. The second kappa shape index (κ2) is 5.21. The molecule has 5 nitrogen and oxygen atoms in total. The van der Waals surface area contributed by atoms with Crippen LogP contribution in [0.3, 0.4) is 0 Å². The van der Waals surface area contributed by atoms with E-state index >= 15 is 0 Å². The van der Waals surface area contributed by atoms with Crippen LogP contribution in [0.25, 0.3) is 0 Å². The van der Waals surface area contributed by atoms with E-state index in [9.17, 15) is 4.79 Å². The number of nitrogens with two attached hydrogens (primary N) is 1. The molecule has 1 amide bonds. The lowest BCUT2D eigenvalue weighted by molar-refractivity contribution is -0.225. The highest BCUT2D eigenvalue weighted by molar-refractivity contribution is 5.89. The maximum atomic E-state index is 12.8. The molecule has 2 saturated heterocycles. The Labute approximate surface area is 127 Å². The van der Waals surface area contributed by atoms with Gasteiger partial charge in [-0.1, -0.05) is 13.8 Å². The SMILES string of the molecule is CN1CCCC1CNC(=O)C1(N)C2CCCOC2C1(C)C. The molecule has 3 aliphatic rings. The van der Waals surface area contributed by atoms with E-state index in [4.69, 9.17) is 10.5 Å². The number of amides is 1. The normalized spacial score (nSPS) is 42.2. The van der Waals surface area contributed by atoms with E-state index < -0.39 is 5.54 Å². The van der Waals surface area contributed by atoms with Crippen LogP contribution in [-0.4, -0.2) is 55.2 Å². The third kappa shape index (κ3) is 2.13. The number of ether oxygens (including phenoxy) is 1. The average Bonchev–Trinajstić information content (AvgIpc) is 2.89. The minimum atomic E-state index is -0.782. The van der Waals surface area contributed by atoms with Crippen molar-refractivity contribution in [1.29, 1.82) is 0 Å². The summed E-state index contributed by atoms with van der Waals surface area (Å²) in [5.74, 6) is 0.183. The standard InChI is InChI=1S/C16H29N3O2/c1-15(2)13-12(7-5-9-21-13)16(15,17)14(20)18-10-11-6-4-8-19(11)3/h11-13H,4-10,17H2,1-3H3,(H,18,20). The van der Waals surface area contributed by atoms with Gasteiger partial charge in [-0.25, -0.2) is 0 Å². The predicted molar refractivity (Wildman–Crippen MR) is 81.8 cm³/mol. The number of fused-ring (bicyclic) bond motifs is 1. The maximum absolute atomic E-state index is 12.8. The summed E-state index contributed by atoms with van der Waals surface area (Å²) in [6.45, 7) is 6.78. The second-order valence-corrected chi connectivity index (χ2v) is 7.62. The molecular weight excluding hydrogens is 266 g/mol. The third-order valence-electron chi connectivity index (χ3n) is 6.23. The van der Waals surface area contributed by atoms with Crippen molar-refractivity contribution in [1.82, 2.24) is 10.2 Å². The van der Waals surface area contributed by atoms with E-state index in [-0.39, 0.29) is 23.3 Å². The molecule has 0 radical (unpaired) electrons. The van der Waals surface area contributed by atoms with Gasteiger partial charge >= 0.3 is 0 Å². The zero-order valence-electron chi connectivity index (χ0n) is 13.5. The molecule has 21 heavy (non-hydrogen) atoms. The van der Waals surface area contributed by atoms with Gasteiger partial charge in [0, 0.05) is 30.5 Å². The summed E-state index contributed by atoms with van der Waals surface area (Å²) >= 11 is 0. The van der Waals surface area contributed by atoms with Crippen molar-refractivity contribution in [2.24, 2.45) is 17.1 Å². The number of carbonyl (C=O) groups is 1. The van der Waals surface area contributed by atoms with Crippen LogP contribution in [-0.2, 0) is 9.53 Å². The van der Waals surface area contributed by atoms with Gasteiger partial charge in [0.15, 0.2) is 0 Å². The molecule has 0 aromatic heterocycles. The molecule has 4 unspecified atom stereocenters. The molecule has 2 aliphatic heterocycles. The summed E-state index contributed by atoms with van der Waals surface area (Å²) in [4.78, 5) is 15.1. The van der Waals surface area contributed by atoms with Crippen molar-refractivity contribution in [2.75, 3.05) is 26.7 Å². The number of rotatable bonds is 3. The van der Waals surface area contributed by atoms with Gasteiger partial charge in [-0.3, -0.25) is 4.79 Å². The first-order valence-corrected chi connectivity index (χ1v) is 8.28. The first-order valence-electron chi connectivity index (χ1n) is 8.28. The summed E-state index contributed by atoms with van der Waals surface area (Å²) in [5, 5.41) is 3.12. The molecule has 3 fully saturated rings. The quantitative estimate of drug-likeness (QED) is 0.805. The van der Waals surface area contributed by atoms with Crippen molar-refractivity contribution >= 4 is 5.91 Å². The minimum Gasteiger partial charge on any atom is -0.377 e. The van der Waals surface area contributed by atoms with Crippen LogP contribution in [0.15, 0.2) is 0 Å². The highest BCUT2D eigenvalue weighted by Gasteiger charge is 2.70. The van der Waals surface area contributed by atoms with E-state index in [0.29, 0.717) is 12.6 Å². The number of nitrogens with zero attached hydrogens (tertiary/aromatic N) is 1. The average molecular weight is 295 g/mol. The molecule has 120 valence electrons. The van der Waals surface area contributed by atoms with Gasteiger partial charge < -0.3 is 20.7 Å². The Morgan fingerprint density at radius 1 is 1.38 bits per heavy atom. The Morgan fingerprint density at radius 2 is 2.14 bits per heavy atom. The lowest BCUT2D eigenvalue weighted by atomic mass is 9.46. The largest absolute Gasteiger partial charge is 0.377 e. The Morgan fingerprint density at radius 3 is 2.81 bits per heavy atom. The number of hydrogen-bond acceptors (Lipinski definition) is 4. The monoisotopic (exact) mass is 295 g/mol. The summed E-state index contributed by atoms with van der Waals surface area (Å²) in [6, 6.07) is 0.458. The van der Waals surface area contributed by atoms with Crippen LogP contribution < -0.4 is 11.1 Å². The van der Waals surface area contributed by atoms with E-state index in [2.05, 4.69) is 31.1 Å². The van der Waals surface area contributed by atoms with E-state index in [1.165, 1.54) is 6.42 Å². The van der Waals surface area contributed by atoms with Crippen molar-refractivity contribution in [3.05, 3.63) is 0 Å². The fraction of sp³-hybridized carbons (Fsp3) is 0.938. The topological polar surface area (TPSA) is 67.6 Å². The van der Waals surface area contributed by atoms with Gasteiger partial charge in [0.25, 0.3) is 0 Å². The molecule has 0 spiro atoms. The zero-order valence-corrected chi connectivity index (χ0v) is 13.5. The lowest BCUT2D eigenvalue weighted by Gasteiger charge is -2.65. The van der Waals surface area contributed by atoms with Crippen LogP contribution in [0.5, 0.6) is 0 Å². The number of likely N-dealkylation sites (N-methyl/N-ethyl adjacent to an activating group) is 1. The van der Waals surface area contributed by atoms with Gasteiger partial charge in [0.1, 0.15) is 5.54 Å². The van der Waals surface area contributed by atoms with E-state index in [1.807, 2.05) is 0 Å². The Kier molecular flexibility index (Phi) is 3.79. The van der Waals surface area contributed by atoms with Gasteiger partial charge in [0.2, 0.25) is 5.91 Å². The molecule has 4 atom stereocenters. The number of carbonyl (C=O) groups excluding carboxylic acids is 1. The zero-order chi connectivity index (χ0) is 15.3. The van der Waals surface area contributed by atoms with Crippen LogP contribution >= 0.6 is 0 Å². The van der Waals surface area contributed by atoms with Crippen LogP contribution in [0.1, 0.15) is 39.5 Å². The van der Waals surface area contributed by atoms with Crippen LogP contribution in [0.4, 0.5) is 0 Å². The third-order valence-corrected chi connectivity index (χ3v) is 6.23. The minimum absolute atomic E-state index is 0.0135. The van der Waals surface area contributed by atoms with Crippen LogP contribution in [0.2, 0.25) is 0 Å². The van der Waals surface area contributed by atoms with Gasteiger partial charge in [-0.15, -0.1) is 0 Å². The van der Waals surface area contributed by atoms with Crippen LogP contribution in [0, 0.1) is 11.3 Å². The number of hydrogen-bond donors (Lipinski definition) is 2. The van der Waals surface area contributed by atoms with Crippen molar-refractivity contribution in [3.8, 4) is 0 Å². The molecule has 0 aromatic carbocycles. The van der Waals surface area contributed by atoms with E-state index in [1.54, 1.807) is 0 Å². The summed E-state index contributed by atoms with van der Waals surface area (Å²) in [6.07, 6.45) is 4.52. The van der Waals surface area contributed by atoms with Crippen molar-refractivity contribution in [2.45, 2.75) is 57.2 Å². The molecule has 1 saturated carbocycles. The molecule has 1 aliphatic carbocycles. The van der Waals surface area contributed by atoms with Crippen molar-refractivity contribution in [3.63, 3.8) is 0 Å². The Balaban J connectivity index is 1.65. The second-order valence-electron chi connectivity index (χ2n) is 7.62. The lowest BCUT2D eigenvalue weighted by Crippen LogP contribution is -2.82. The molecule has 0 bridgehead atoms. The molecule has 2 heterocycles. The van der Waals surface area contributed by atoms with Gasteiger partial charge in [0.05, 0.1) is 6.10 Å². The number of nitrogens with one attached hydrogen (secondary N) is 1.